The Hall–Kier alpha value is -3.61. The zero-order valence-corrected chi connectivity index (χ0v) is 20.4. The number of rotatable bonds is 9. The number of hydrogen-bond donors (Lipinski definition) is 1. The molecule has 180 valence electrons. The number of nitrogens with zero attached hydrogens (tertiary/aromatic N) is 6. The van der Waals surface area contributed by atoms with Crippen LogP contribution in [0.4, 0.5) is 0 Å². The Morgan fingerprint density at radius 2 is 1.80 bits per heavy atom. The maximum absolute atomic E-state index is 4.90. The lowest BCUT2D eigenvalue weighted by molar-refractivity contribution is 0.337. The number of aromatic nitrogens is 7. The van der Waals surface area contributed by atoms with E-state index in [0.717, 1.165) is 47.1 Å². The number of nitrogens with one attached hydrogen (secondary N) is 1. The van der Waals surface area contributed by atoms with Gasteiger partial charge >= 0.3 is 0 Å². The van der Waals surface area contributed by atoms with E-state index in [1.807, 2.05) is 22.9 Å². The molecule has 5 rings (SSSR count). The molecule has 0 aliphatic heterocycles. The molecule has 0 bridgehead atoms. The minimum atomic E-state index is 0.598. The standard InChI is InChI=1S/C28H33N7/c1-2-3-13-27-29-26(19-16-21-9-5-4-6-10-21)32-35(27)20-22-14-17-23(18-15-22)24-11-7-8-12-25(24)28-30-33-34-31-28/h3,7-8,11-15,17-18,21H,2,4-6,9-10,16,19-20H2,1H3,(H,30,31,33,34). The minimum absolute atomic E-state index is 0.598. The SMILES string of the molecule is CCC=Cc1nc(CCC2CCCCC2)nn1Cc1ccc(-c2ccccc2-c2nn[nH]n2)cc1. The summed E-state index contributed by atoms with van der Waals surface area (Å²) in [4.78, 5) is 4.88. The molecule has 2 heterocycles. The van der Waals surface area contributed by atoms with Crippen molar-refractivity contribution in [3.63, 3.8) is 0 Å². The highest BCUT2D eigenvalue weighted by Gasteiger charge is 2.16. The third kappa shape index (κ3) is 5.73. The molecule has 0 unspecified atom stereocenters. The Balaban J connectivity index is 1.32. The third-order valence-corrected chi connectivity index (χ3v) is 6.86. The summed E-state index contributed by atoms with van der Waals surface area (Å²) >= 11 is 0. The van der Waals surface area contributed by atoms with Gasteiger partial charge in [0.1, 0.15) is 0 Å². The van der Waals surface area contributed by atoms with Crippen molar-refractivity contribution in [2.75, 3.05) is 0 Å². The van der Waals surface area contributed by atoms with E-state index in [2.05, 4.69) is 70.0 Å². The first-order chi connectivity index (χ1) is 17.3. The van der Waals surface area contributed by atoms with Gasteiger partial charge in [-0.05, 0) is 46.7 Å². The van der Waals surface area contributed by atoms with Crippen molar-refractivity contribution in [2.24, 2.45) is 5.92 Å². The van der Waals surface area contributed by atoms with E-state index >= 15 is 0 Å². The lowest BCUT2D eigenvalue weighted by Gasteiger charge is -2.20. The van der Waals surface area contributed by atoms with Gasteiger partial charge in [0.05, 0.1) is 6.54 Å². The van der Waals surface area contributed by atoms with Gasteiger partial charge in [0.15, 0.2) is 11.6 Å². The molecule has 0 amide bonds. The zero-order valence-electron chi connectivity index (χ0n) is 20.4. The van der Waals surface area contributed by atoms with E-state index in [9.17, 15) is 0 Å². The molecule has 1 fully saturated rings. The Labute approximate surface area is 206 Å². The van der Waals surface area contributed by atoms with E-state index in [4.69, 9.17) is 10.1 Å². The number of aryl methyl sites for hydroxylation is 1. The van der Waals surface area contributed by atoms with Crippen molar-refractivity contribution in [3.05, 3.63) is 71.8 Å². The molecule has 0 radical (unpaired) electrons. The predicted molar refractivity (Wildman–Crippen MR) is 138 cm³/mol. The first-order valence-corrected chi connectivity index (χ1v) is 12.8. The first kappa shape index (κ1) is 23.1. The first-order valence-electron chi connectivity index (χ1n) is 12.8. The van der Waals surface area contributed by atoms with Crippen LogP contribution in [0.3, 0.4) is 0 Å². The monoisotopic (exact) mass is 467 g/mol. The van der Waals surface area contributed by atoms with E-state index in [0.29, 0.717) is 12.4 Å². The van der Waals surface area contributed by atoms with Crippen molar-refractivity contribution in [3.8, 4) is 22.5 Å². The lowest BCUT2D eigenvalue weighted by atomic mass is 9.86. The quantitative estimate of drug-likeness (QED) is 0.321. The highest BCUT2D eigenvalue weighted by atomic mass is 15.5. The van der Waals surface area contributed by atoms with Crippen molar-refractivity contribution in [1.29, 1.82) is 0 Å². The maximum Gasteiger partial charge on any atom is 0.205 e. The molecule has 4 aromatic rings. The summed E-state index contributed by atoms with van der Waals surface area (Å²) < 4.78 is 2.05. The highest BCUT2D eigenvalue weighted by Crippen LogP contribution is 2.30. The molecule has 1 saturated carbocycles. The van der Waals surface area contributed by atoms with Gasteiger partial charge in [-0.15, -0.1) is 10.2 Å². The second-order valence-corrected chi connectivity index (χ2v) is 9.38. The van der Waals surface area contributed by atoms with E-state index < -0.39 is 0 Å². The molecule has 2 aromatic heterocycles. The molecule has 0 saturated heterocycles. The van der Waals surface area contributed by atoms with Gasteiger partial charge < -0.3 is 0 Å². The summed E-state index contributed by atoms with van der Waals surface area (Å²) in [6, 6.07) is 16.8. The average molecular weight is 468 g/mol. The summed E-state index contributed by atoms with van der Waals surface area (Å²) in [6.45, 7) is 2.85. The summed E-state index contributed by atoms with van der Waals surface area (Å²) in [5, 5.41) is 19.5. The van der Waals surface area contributed by atoms with Gasteiger partial charge in [-0.3, -0.25) is 0 Å². The van der Waals surface area contributed by atoms with E-state index in [1.165, 1.54) is 44.1 Å². The van der Waals surface area contributed by atoms with Crippen LogP contribution in [0, 0.1) is 5.92 Å². The molecule has 2 aromatic carbocycles. The van der Waals surface area contributed by atoms with Crippen LogP contribution in [0.5, 0.6) is 0 Å². The lowest BCUT2D eigenvalue weighted by Crippen LogP contribution is -2.08. The molecule has 0 spiro atoms. The van der Waals surface area contributed by atoms with Crippen LogP contribution in [0.25, 0.3) is 28.6 Å². The van der Waals surface area contributed by atoms with Gasteiger partial charge in [-0.2, -0.15) is 10.3 Å². The van der Waals surface area contributed by atoms with Crippen molar-refractivity contribution in [1.82, 2.24) is 35.4 Å². The van der Waals surface area contributed by atoms with Crippen LogP contribution >= 0.6 is 0 Å². The van der Waals surface area contributed by atoms with Crippen LogP contribution in [0.2, 0.25) is 0 Å². The Morgan fingerprint density at radius 3 is 2.54 bits per heavy atom. The average Bonchev–Trinajstić information content (AvgIpc) is 3.58. The second kappa shape index (κ2) is 11.2. The van der Waals surface area contributed by atoms with Crippen molar-refractivity contribution < 1.29 is 0 Å². The number of benzene rings is 2. The summed E-state index contributed by atoms with van der Waals surface area (Å²) in [6.07, 6.45) is 14.3. The molecular formula is C28H33N7. The molecule has 0 atom stereocenters. The van der Waals surface area contributed by atoms with Crippen LogP contribution in [-0.2, 0) is 13.0 Å². The van der Waals surface area contributed by atoms with Gasteiger partial charge in [-0.1, -0.05) is 93.6 Å². The third-order valence-electron chi connectivity index (χ3n) is 6.86. The fourth-order valence-corrected chi connectivity index (χ4v) is 4.95. The predicted octanol–water partition coefficient (Wildman–Crippen LogP) is 6.11. The van der Waals surface area contributed by atoms with Crippen LogP contribution in [-0.4, -0.2) is 35.4 Å². The normalized spacial score (nSPS) is 14.7. The summed E-state index contributed by atoms with van der Waals surface area (Å²) in [5.41, 5.74) is 4.35. The van der Waals surface area contributed by atoms with Gasteiger partial charge in [-0.25, -0.2) is 9.67 Å². The highest BCUT2D eigenvalue weighted by molar-refractivity contribution is 5.80. The number of allylic oxidation sites excluding steroid dienone is 1. The Kier molecular flexibility index (Phi) is 7.41. The summed E-state index contributed by atoms with van der Waals surface area (Å²) in [5.74, 6) is 3.35. The number of hydrogen-bond acceptors (Lipinski definition) is 5. The molecule has 35 heavy (non-hydrogen) atoms. The number of H-pyrrole nitrogens is 1. The number of aromatic amines is 1. The summed E-state index contributed by atoms with van der Waals surface area (Å²) in [7, 11) is 0. The second-order valence-electron chi connectivity index (χ2n) is 9.38. The zero-order chi connectivity index (χ0) is 23.9. The van der Waals surface area contributed by atoms with Crippen LogP contribution < -0.4 is 0 Å². The van der Waals surface area contributed by atoms with E-state index in [-0.39, 0.29) is 0 Å². The van der Waals surface area contributed by atoms with Crippen LogP contribution in [0.1, 0.15) is 69.1 Å². The van der Waals surface area contributed by atoms with Gasteiger partial charge in [0, 0.05) is 12.0 Å². The number of tetrazole rings is 1. The minimum Gasteiger partial charge on any atom is -0.242 e. The molecule has 1 aliphatic carbocycles. The molecule has 1 aliphatic rings. The molecule has 1 N–H and O–H groups in total. The van der Waals surface area contributed by atoms with E-state index in [1.54, 1.807) is 0 Å². The Bertz CT molecular complexity index is 1230. The molecular weight excluding hydrogens is 434 g/mol. The van der Waals surface area contributed by atoms with Gasteiger partial charge in [0.2, 0.25) is 5.82 Å². The fourth-order valence-electron chi connectivity index (χ4n) is 4.95. The van der Waals surface area contributed by atoms with Crippen molar-refractivity contribution in [2.45, 2.75) is 64.8 Å². The van der Waals surface area contributed by atoms with Crippen molar-refractivity contribution >= 4 is 6.08 Å². The van der Waals surface area contributed by atoms with Crippen LogP contribution in [0.15, 0.2) is 54.6 Å². The van der Waals surface area contributed by atoms with Gasteiger partial charge in [0.25, 0.3) is 0 Å². The maximum atomic E-state index is 4.90. The smallest absolute Gasteiger partial charge is 0.205 e. The molecule has 7 nitrogen and oxygen atoms in total. The topological polar surface area (TPSA) is 85.2 Å². The fraction of sp³-hybridized carbons (Fsp3) is 0.393. The largest absolute Gasteiger partial charge is 0.242 e. The molecule has 7 heteroatoms. The Morgan fingerprint density at radius 1 is 1.00 bits per heavy atom.